The summed E-state index contributed by atoms with van der Waals surface area (Å²) in [7, 11) is 8.16. The summed E-state index contributed by atoms with van der Waals surface area (Å²) in [6, 6.07) is 12.7. The van der Waals surface area contributed by atoms with Crippen molar-refractivity contribution in [2.75, 3.05) is 72.6 Å². The lowest BCUT2D eigenvalue weighted by Gasteiger charge is -2.41. The number of ether oxygens (including phenoxy) is 3. The monoisotopic (exact) mass is 1520 g/mol. The fourth-order valence-corrected chi connectivity index (χ4v) is 15.9. The van der Waals surface area contributed by atoms with Crippen LogP contribution in [-0.2, 0) is 68.8 Å². The zero-order valence-electron chi connectivity index (χ0n) is 65.3. The van der Waals surface area contributed by atoms with E-state index in [1.54, 1.807) is 74.0 Å². The van der Waals surface area contributed by atoms with Crippen LogP contribution in [0.1, 0.15) is 162 Å². The van der Waals surface area contributed by atoms with Gasteiger partial charge in [0.15, 0.2) is 5.78 Å². The molecule has 0 radical (unpaired) electrons. The van der Waals surface area contributed by atoms with E-state index in [1.165, 1.54) is 30.9 Å². The first-order valence-electron chi connectivity index (χ1n) is 37.7. The van der Waals surface area contributed by atoms with Gasteiger partial charge in [0.2, 0.25) is 59.1 Å². The summed E-state index contributed by atoms with van der Waals surface area (Å²) >= 11 is 1.40. The van der Waals surface area contributed by atoms with Crippen molar-refractivity contribution in [3.05, 3.63) is 77.9 Å². The number of rotatable bonds is 44. The smallest absolute Gasteiger partial charge is 0.407 e. The van der Waals surface area contributed by atoms with Gasteiger partial charge in [-0.2, -0.15) is 0 Å². The van der Waals surface area contributed by atoms with Gasteiger partial charge in [0, 0.05) is 77.2 Å². The highest BCUT2D eigenvalue weighted by Gasteiger charge is 2.49. The first-order valence-corrected chi connectivity index (χ1v) is 38.8. The molecule has 0 bridgehead atoms. The Morgan fingerprint density at radius 1 is 0.731 bits per heavy atom. The van der Waals surface area contributed by atoms with Gasteiger partial charge in [-0.05, 0) is 123 Å². The number of hydrogen-bond acceptors (Lipinski definition) is 18. The minimum Gasteiger partial charge on any atom is -0.445 e. The van der Waals surface area contributed by atoms with E-state index in [0.717, 1.165) is 23.6 Å². The van der Waals surface area contributed by atoms with Gasteiger partial charge in [-0.1, -0.05) is 124 Å². The molecule has 6 rings (SSSR count). The molecule has 3 fully saturated rings. The first-order chi connectivity index (χ1) is 51.1. The van der Waals surface area contributed by atoms with Crippen LogP contribution in [0.15, 0.2) is 66.7 Å². The third-order valence-electron chi connectivity index (χ3n) is 20.9. The lowest BCUT2D eigenvalue weighted by atomic mass is 9.89. The van der Waals surface area contributed by atoms with Crippen molar-refractivity contribution >= 4 is 105 Å². The first kappa shape index (κ1) is 88.2. The molecule has 13 amide bonds. The maximum Gasteiger partial charge on any atom is 0.407 e. The van der Waals surface area contributed by atoms with Crippen molar-refractivity contribution in [2.24, 2.45) is 46.5 Å². The van der Waals surface area contributed by atoms with Gasteiger partial charge >= 0.3 is 12.1 Å². The number of imide groups is 1. The lowest BCUT2D eigenvalue weighted by Crippen LogP contribution is -2.59. The number of anilines is 1. The summed E-state index contributed by atoms with van der Waals surface area (Å²) in [6.45, 7) is 16.3. The molecule has 1 unspecified atom stereocenters. The number of amides is 13. The number of likely N-dealkylation sites (tertiary alicyclic amines) is 2. The van der Waals surface area contributed by atoms with Crippen LogP contribution in [0.3, 0.4) is 0 Å². The second-order valence-electron chi connectivity index (χ2n) is 30.5. The molecule has 1 aliphatic carbocycles. The van der Waals surface area contributed by atoms with Crippen LogP contribution < -0.4 is 48.7 Å². The average molecular weight is 1520 g/mol. The lowest BCUT2D eigenvalue weighted by molar-refractivity contribution is -0.148. The Balaban J connectivity index is 1.09. The van der Waals surface area contributed by atoms with Gasteiger partial charge in [0.1, 0.15) is 24.7 Å². The molecule has 3 aliphatic rings. The maximum absolute atomic E-state index is 15.2. The number of benzene rings is 3. The summed E-state index contributed by atoms with van der Waals surface area (Å²) in [4.78, 5) is 182. The molecular formula is C78H117N13O16S. The van der Waals surface area contributed by atoms with E-state index >= 15 is 4.79 Å². The SMILES string of the molecule is CC[C@H](C)[C@@H]([C@@H](CC(=O)N1C[C@@H](NC(=O)OCc2ccc(NC(=O)[C@H](CCCNC(N)=O)NC(=O)[C@@H](NC(=O)CCCCCN3C(=O)CC(SCC4(CC(N)=O)CC4)C3=O)C(C)C)cc2)C[C@H]1[C@H](OC)[C@@H](C)C(=O)NCC(=O)c1ccc2ccccc2c1)OC)N(C)C(=O)[C@@H](NC(=O)[C@H](C(C)C)N(C)C)C(C)C. The summed E-state index contributed by atoms with van der Waals surface area (Å²) in [5.74, 6) is -5.78. The number of likely N-dealkylation sites (N-methyl/N-ethyl adjacent to an activating group) is 2. The summed E-state index contributed by atoms with van der Waals surface area (Å²) in [5.41, 5.74) is 11.8. The number of methoxy groups -OCH3 is 2. The number of ketones is 1. The Morgan fingerprint density at radius 2 is 1.41 bits per heavy atom. The van der Waals surface area contributed by atoms with Crippen LogP contribution in [-0.4, -0.2) is 224 Å². The number of primary amides is 2. The highest BCUT2D eigenvalue weighted by molar-refractivity contribution is 8.00. The van der Waals surface area contributed by atoms with Crippen LogP contribution in [0.4, 0.5) is 15.3 Å². The van der Waals surface area contributed by atoms with Crippen molar-refractivity contribution < 1.29 is 76.5 Å². The minimum absolute atomic E-state index is 0.0523. The van der Waals surface area contributed by atoms with Crippen LogP contribution in [0.5, 0.6) is 0 Å². The number of urea groups is 1. The number of nitrogens with two attached hydrogens (primary N) is 2. The van der Waals surface area contributed by atoms with E-state index < -0.39 is 113 Å². The van der Waals surface area contributed by atoms with Crippen molar-refractivity contribution in [2.45, 2.75) is 212 Å². The Kier molecular flexibility index (Phi) is 34.1. The Bertz CT molecular complexity index is 3620. The Labute approximate surface area is 639 Å². The molecule has 29 nitrogen and oxygen atoms in total. The topological polar surface area (TPSA) is 399 Å². The number of fused-ring (bicyclic) bond motifs is 1. The highest BCUT2D eigenvalue weighted by Crippen LogP contribution is 2.52. The third kappa shape index (κ3) is 25.4. The van der Waals surface area contributed by atoms with Crippen molar-refractivity contribution in [1.82, 2.24) is 51.5 Å². The van der Waals surface area contributed by atoms with Crippen LogP contribution >= 0.6 is 11.8 Å². The number of nitrogens with one attached hydrogen (secondary N) is 7. The van der Waals surface area contributed by atoms with E-state index in [1.807, 2.05) is 90.9 Å². The normalized spacial score (nSPS) is 18.6. The predicted molar refractivity (Wildman–Crippen MR) is 411 cm³/mol. The second-order valence-corrected chi connectivity index (χ2v) is 31.6. The van der Waals surface area contributed by atoms with Crippen LogP contribution in [0.2, 0.25) is 0 Å². The van der Waals surface area contributed by atoms with Crippen molar-refractivity contribution in [3.8, 4) is 0 Å². The van der Waals surface area contributed by atoms with Crippen molar-refractivity contribution in [3.63, 3.8) is 0 Å². The molecule has 0 aromatic heterocycles. The van der Waals surface area contributed by atoms with E-state index in [2.05, 4.69) is 37.2 Å². The van der Waals surface area contributed by atoms with Gasteiger partial charge in [-0.15, -0.1) is 11.8 Å². The molecule has 108 heavy (non-hydrogen) atoms. The third-order valence-corrected chi connectivity index (χ3v) is 22.4. The number of nitrogens with zero attached hydrogens (tertiary/aromatic N) is 4. The number of alkyl carbamates (subject to hydrolysis) is 1. The molecule has 1 saturated carbocycles. The van der Waals surface area contributed by atoms with E-state index in [-0.39, 0.29) is 136 Å². The number of thioether (sulfide) groups is 1. The Morgan fingerprint density at radius 3 is 2.01 bits per heavy atom. The largest absolute Gasteiger partial charge is 0.445 e. The van der Waals surface area contributed by atoms with Gasteiger partial charge in [0.25, 0.3) is 0 Å². The number of hydrogen-bond donors (Lipinski definition) is 9. The van der Waals surface area contributed by atoms with E-state index in [9.17, 15) is 57.5 Å². The summed E-state index contributed by atoms with van der Waals surface area (Å²) in [6.07, 6.45) is 1.59. The highest BCUT2D eigenvalue weighted by atomic mass is 32.2. The summed E-state index contributed by atoms with van der Waals surface area (Å²) < 4.78 is 18.0. The van der Waals surface area contributed by atoms with Crippen LogP contribution in [0, 0.1) is 35.0 Å². The number of carbonyl (C=O) groups excluding carboxylic acids is 13. The molecule has 2 saturated heterocycles. The second kappa shape index (κ2) is 41.7. The predicted octanol–water partition coefficient (Wildman–Crippen LogP) is 5.78. The molecule has 12 atom stereocenters. The quantitative estimate of drug-likeness (QED) is 0.0184. The van der Waals surface area contributed by atoms with Crippen molar-refractivity contribution in [1.29, 1.82) is 0 Å². The van der Waals surface area contributed by atoms with Gasteiger partial charge in [0.05, 0.1) is 60.5 Å². The maximum atomic E-state index is 15.2. The zero-order chi connectivity index (χ0) is 79.9. The number of unbranched alkanes of at least 4 members (excludes halogenated alkanes) is 2. The molecule has 596 valence electrons. The average Bonchev–Trinajstić information content (AvgIpc) is 1.62. The molecule has 2 heterocycles. The van der Waals surface area contributed by atoms with Gasteiger partial charge < -0.3 is 72.7 Å². The van der Waals surface area contributed by atoms with Crippen LogP contribution in [0.25, 0.3) is 10.8 Å². The number of Topliss-reactive ketones (excluding diaryl/α,β-unsaturated/α-hetero) is 1. The van der Waals surface area contributed by atoms with E-state index in [0.29, 0.717) is 48.3 Å². The molecule has 3 aromatic rings. The zero-order valence-corrected chi connectivity index (χ0v) is 66.1. The summed E-state index contributed by atoms with van der Waals surface area (Å²) in [5, 5.41) is 20.9. The molecule has 0 spiro atoms. The molecule has 30 heteroatoms. The fourth-order valence-electron chi connectivity index (χ4n) is 14.4. The standard InChI is InChI=1S/C78H117N13O16S/c1-15-48(8)68(89(12)75(102)66(46(4)5)87-73(100)67(47(6)7)88(10)11)59(105-13)38-63(95)91-42-55(37-57(91)69(106-14)49(9)70(97)82-41-58(92)53-29-28-51-22-18-19-23-52(51)36-53)84-77(104)107-43-50-26-30-54(31-27-50)83-71(98)56(24-21-34-81-76(80)103)85-72(99)65(45(2)3)86-62(94)25-17-16-20-35-90-64(96)39-60(74(90)101)108-44-78(32-33-78)40-61(79)93/h18-19,22-23,26-31,36,45-49,55-57,59-60,65-69H,15-17,20-21,24-25,32-35,37-44H2,1-14H3,(H2,79,93)(H,82,97)(H,83,98)(H,84,104)(H,85,99)(H,86,94)(H,87,100)(H3,80,81,103)/t48-,49+,55-,56-,57-,59+,60?,65-,66-,67-,68-,69+/m0/s1. The van der Waals surface area contributed by atoms with E-state index in [4.69, 9.17) is 25.7 Å². The number of carbonyl (C=O) groups is 13. The van der Waals surface area contributed by atoms with Gasteiger partial charge in [-0.25, -0.2) is 9.59 Å². The molecule has 11 N–H and O–H groups in total. The Hall–Kier alpha value is -8.74. The van der Waals surface area contributed by atoms with Gasteiger partial charge in [-0.3, -0.25) is 62.5 Å². The fraction of sp³-hybridized carbons (Fsp3) is 0.628. The molecular weight excluding hydrogens is 1410 g/mol. The minimum atomic E-state index is -1.15. The molecule has 2 aliphatic heterocycles. The molecule has 3 aromatic carbocycles.